The summed E-state index contributed by atoms with van der Waals surface area (Å²) in [7, 11) is -3.44. The number of esters is 1. The van der Waals surface area contributed by atoms with E-state index in [2.05, 4.69) is 0 Å². The van der Waals surface area contributed by atoms with Gasteiger partial charge in [0.25, 0.3) is 0 Å². The van der Waals surface area contributed by atoms with Gasteiger partial charge in [-0.25, -0.2) is 12.8 Å². The van der Waals surface area contributed by atoms with Crippen LogP contribution in [0, 0.1) is 5.82 Å². The van der Waals surface area contributed by atoms with Crippen LogP contribution in [0.2, 0.25) is 0 Å². The molecule has 1 aliphatic rings. The first-order chi connectivity index (χ1) is 12.9. The van der Waals surface area contributed by atoms with Gasteiger partial charge in [-0.2, -0.15) is 4.31 Å². The second kappa shape index (κ2) is 8.63. The van der Waals surface area contributed by atoms with Gasteiger partial charge >= 0.3 is 5.97 Å². The number of carbonyl (C=O) groups is 1. The quantitative estimate of drug-likeness (QED) is 0.558. The van der Waals surface area contributed by atoms with Gasteiger partial charge in [0.15, 0.2) is 0 Å². The van der Waals surface area contributed by atoms with E-state index < -0.39 is 21.8 Å². The molecule has 0 radical (unpaired) electrons. The Morgan fingerprint density at radius 1 is 0.963 bits per heavy atom. The largest absolute Gasteiger partial charge is 0.427 e. The average molecular weight is 391 g/mol. The monoisotopic (exact) mass is 391 g/mol. The summed E-state index contributed by atoms with van der Waals surface area (Å²) in [4.78, 5) is 12.2. The second-order valence-corrected chi connectivity index (χ2v) is 8.47. The molecule has 144 valence electrons. The predicted molar refractivity (Wildman–Crippen MR) is 99.4 cm³/mol. The summed E-state index contributed by atoms with van der Waals surface area (Å²) in [5.41, 5.74) is 0.851. The van der Waals surface area contributed by atoms with Gasteiger partial charge in [-0.1, -0.05) is 18.6 Å². The molecule has 0 N–H and O–H groups in total. The van der Waals surface area contributed by atoms with Gasteiger partial charge in [-0.3, -0.25) is 4.79 Å². The Balaban J connectivity index is 1.55. The molecule has 0 bridgehead atoms. The lowest BCUT2D eigenvalue weighted by Gasteiger charge is -2.25. The summed E-state index contributed by atoms with van der Waals surface area (Å²) < 4.78 is 44.7. The van der Waals surface area contributed by atoms with Crippen LogP contribution in [0.1, 0.15) is 31.2 Å². The van der Waals surface area contributed by atoms with Crippen molar-refractivity contribution in [2.24, 2.45) is 0 Å². The van der Waals surface area contributed by atoms with Crippen molar-refractivity contribution in [1.29, 1.82) is 0 Å². The highest BCUT2D eigenvalue weighted by Crippen LogP contribution is 2.21. The van der Waals surface area contributed by atoms with Crippen molar-refractivity contribution in [1.82, 2.24) is 4.31 Å². The summed E-state index contributed by atoms with van der Waals surface area (Å²) in [6.45, 7) is 1.14. The molecule has 0 aliphatic carbocycles. The van der Waals surface area contributed by atoms with E-state index in [1.54, 1.807) is 24.3 Å². The Labute approximate surface area is 158 Å². The minimum Gasteiger partial charge on any atom is -0.427 e. The molecule has 5 nitrogen and oxygen atoms in total. The zero-order valence-electron chi connectivity index (χ0n) is 14.9. The first-order valence-corrected chi connectivity index (χ1v) is 10.4. The fourth-order valence-corrected chi connectivity index (χ4v) is 4.53. The third-order valence-corrected chi connectivity index (χ3v) is 6.45. The van der Waals surface area contributed by atoms with E-state index in [9.17, 15) is 17.6 Å². The number of halogens is 1. The molecule has 2 aromatic rings. The highest BCUT2D eigenvalue weighted by Gasteiger charge is 2.25. The van der Waals surface area contributed by atoms with E-state index in [-0.39, 0.29) is 11.3 Å². The van der Waals surface area contributed by atoms with Gasteiger partial charge in [-0.05, 0) is 61.2 Å². The maximum absolute atomic E-state index is 12.8. The molecule has 0 atom stereocenters. The lowest BCUT2D eigenvalue weighted by atomic mass is 10.1. The van der Waals surface area contributed by atoms with Crippen molar-refractivity contribution >= 4 is 16.0 Å². The number of benzene rings is 2. The second-order valence-electron chi connectivity index (χ2n) is 6.54. The molecule has 3 rings (SSSR count). The minimum absolute atomic E-state index is 0.148. The minimum atomic E-state index is -3.44. The van der Waals surface area contributed by atoms with Gasteiger partial charge in [0.05, 0.1) is 4.90 Å². The van der Waals surface area contributed by atoms with Crippen LogP contribution < -0.4 is 4.74 Å². The van der Waals surface area contributed by atoms with Gasteiger partial charge < -0.3 is 4.74 Å². The van der Waals surface area contributed by atoms with Crippen LogP contribution in [-0.2, 0) is 21.2 Å². The summed E-state index contributed by atoms with van der Waals surface area (Å²) in [5.74, 6) is -0.523. The Morgan fingerprint density at radius 3 is 2.22 bits per heavy atom. The van der Waals surface area contributed by atoms with Crippen molar-refractivity contribution in [3.63, 3.8) is 0 Å². The smallest absolute Gasteiger partial charge is 0.311 e. The van der Waals surface area contributed by atoms with Crippen LogP contribution in [0.15, 0.2) is 53.4 Å². The Morgan fingerprint density at radius 2 is 1.59 bits per heavy atom. The fourth-order valence-electron chi connectivity index (χ4n) is 3.01. The zero-order valence-corrected chi connectivity index (χ0v) is 15.8. The van der Waals surface area contributed by atoms with Gasteiger partial charge in [0, 0.05) is 19.5 Å². The molecule has 1 aliphatic heterocycles. The third kappa shape index (κ3) is 5.14. The average Bonchev–Trinajstić information content (AvgIpc) is 2.69. The maximum Gasteiger partial charge on any atom is 0.311 e. The van der Waals surface area contributed by atoms with Crippen molar-refractivity contribution in [3.8, 4) is 5.75 Å². The van der Waals surface area contributed by atoms with E-state index in [4.69, 9.17) is 4.74 Å². The van der Waals surface area contributed by atoms with E-state index in [0.29, 0.717) is 25.3 Å². The number of carbonyl (C=O) groups excluding carboxylic acids is 1. The summed E-state index contributed by atoms with van der Waals surface area (Å²) in [6.07, 6.45) is 3.44. The molecule has 0 aromatic heterocycles. The Kier molecular flexibility index (Phi) is 6.23. The van der Waals surface area contributed by atoms with Crippen molar-refractivity contribution in [2.45, 2.75) is 37.0 Å². The van der Waals surface area contributed by atoms with Crippen LogP contribution in [-0.4, -0.2) is 31.8 Å². The molecule has 2 aromatic carbocycles. The molecule has 7 heteroatoms. The number of hydrogen-bond donors (Lipinski definition) is 0. The van der Waals surface area contributed by atoms with Crippen molar-refractivity contribution < 1.29 is 22.3 Å². The molecule has 0 amide bonds. The standard InChI is InChI=1S/C20H22FNO4S/c21-17-7-9-18(10-8-17)26-20(23)13-6-16-4-11-19(12-5-16)27(24,25)22-14-2-1-3-15-22/h4-5,7-12H,1-3,6,13-15H2. The number of nitrogens with zero attached hydrogens (tertiary/aromatic N) is 1. The Bertz CT molecular complexity index is 873. The van der Waals surface area contributed by atoms with Crippen LogP contribution >= 0.6 is 0 Å². The lowest BCUT2D eigenvalue weighted by Crippen LogP contribution is -2.35. The normalized spacial score (nSPS) is 15.4. The summed E-state index contributed by atoms with van der Waals surface area (Å²) in [6, 6.07) is 11.9. The van der Waals surface area contributed by atoms with Crippen LogP contribution in [0.25, 0.3) is 0 Å². The van der Waals surface area contributed by atoms with E-state index in [1.807, 2.05) is 0 Å². The topological polar surface area (TPSA) is 63.7 Å². The van der Waals surface area contributed by atoms with Crippen LogP contribution in [0.5, 0.6) is 5.75 Å². The number of piperidine rings is 1. The number of sulfonamides is 1. The van der Waals surface area contributed by atoms with Gasteiger partial charge in [-0.15, -0.1) is 0 Å². The van der Waals surface area contributed by atoms with E-state index in [1.165, 1.54) is 28.6 Å². The highest BCUT2D eigenvalue weighted by molar-refractivity contribution is 7.89. The van der Waals surface area contributed by atoms with Gasteiger partial charge in [0.2, 0.25) is 10.0 Å². The molecule has 0 unspecified atom stereocenters. The molecular formula is C20H22FNO4S. The molecule has 0 spiro atoms. The summed E-state index contributed by atoms with van der Waals surface area (Å²) in [5, 5.41) is 0. The fraction of sp³-hybridized carbons (Fsp3) is 0.350. The first kappa shape index (κ1) is 19.5. The molecular weight excluding hydrogens is 369 g/mol. The number of hydrogen-bond acceptors (Lipinski definition) is 4. The number of ether oxygens (including phenoxy) is 1. The first-order valence-electron chi connectivity index (χ1n) is 9.00. The Hall–Kier alpha value is -2.25. The van der Waals surface area contributed by atoms with Crippen molar-refractivity contribution in [2.75, 3.05) is 13.1 Å². The molecule has 1 saturated heterocycles. The van der Waals surface area contributed by atoms with Crippen LogP contribution in [0.3, 0.4) is 0 Å². The van der Waals surface area contributed by atoms with Crippen LogP contribution in [0.4, 0.5) is 4.39 Å². The molecule has 1 fully saturated rings. The molecule has 0 saturated carbocycles. The SMILES string of the molecule is O=C(CCc1ccc(S(=O)(=O)N2CCCCC2)cc1)Oc1ccc(F)cc1. The molecule has 1 heterocycles. The van der Waals surface area contributed by atoms with Gasteiger partial charge in [0.1, 0.15) is 11.6 Å². The highest BCUT2D eigenvalue weighted by atomic mass is 32.2. The number of aryl methyl sites for hydroxylation is 1. The number of rotatable bonds is 6. The zero-order chi connectivity index (χ0) is 19.3. The lowest BCUT2D eigenvalue weighted by molar-refractivity contribution is -0.134. The third-order valence-electron chi connectivity index (χ3n) is 4.54. The van der Waals surface area contributed by atoms with Crippen molar-refractivity contribution in [3.05, 3.63) is 59.9 Å². The predicted octanol–water partition coefficient (Wildman–Crippen LogP) is 3.54. The summed E-state index contributed by atoms with van der Waals surface area (Å²) >= 11 is 0. The maximum atomic E-state index is 12.8. The van der Waals surface area contributed by atoms with E-state index in [0.717, 1.165) is 24.8 Å². The van der Waals surface area contributed by atoms with E-state index >= 15 is 0 Å². The molecule has 27 heavy (non-hydrogen) atoms.